The number of urea groups is 2. The van der Waals surface area contributed by atoms with Crippen molar-refractivity contribution in [3.05, 3.63) is 22.1 Å². The van der Waals surface area contributed by atoms with Gasteiger partial charge >= 0.3 is 12.1 Å². The summed E-state index contributed by atoms with van der Waals surface area (Å²) in [6, 6.07) is 0.888. The van der Waals surface area contributed by atoms with Gasteiger partial charge in [0.15, 0.2) is 0 Å². The van der Waals surface area contributed by atoms with Crippen molar-refractivity contribution in [3.8, 4) is 0 Å². The number of amides is 4. The van der Waals surface area contributed by atoms with Gasteiger partial charge in [0.1, 0.15) is 0 Å². The first-order valence-corrected chi connectivity index (χ1v) is 14.6. The Morgan fingerprint density at radius 1 is 0.825 bits per heavy atom. The molecule has 0 spiro atoms. The highest BCUT2D eigenvalue weighted by atomic mass is 16.5. The second-order valence-corrected chi connectivity index (χ2v) is 10.4. The Balaban J connectivity index is 2.07. The highest BCUT2D eigenvalue weighted by Gasteiger charge is 2.10. The number of aromatic amines is 1. The molecule has 1 atom stereocenters. The molecule has 0 bridgehead atoms. The molecule has 0 aliphatic heterocycles. The second kappa shape index (κ2) is 23.0. The van der Waals surface area contributed by atoms with Crippen molar-refractivity contribution in [2.75, 3.05) is 65.1 Å². The minimum absolute atomic E-state index is 0.164. The van der Waals surface area contributed by atoms with Crippen LogP contribution in [0.3, 0.4) is 0 Å². The van der Waals surface area contributed by atoms with Gasteiger partial charge in [-0.2, -0.15) is 0 Å². The number of nitrogens with one attached hydrogen (secondary N) is 5. The van der Waals surface area contributed by atoms with Gasteiger partial charge in [0.25, 0.3) is 5.56 Å². The Labute approximate surface area is 239 Å². The number of unbranched alkanes of at least 4 members (excludes halogenated alkanes) is 3. The lowest BCUT2D eigenvalue weighted by Crippen LogP contribution is -2.37. The van der Waals surface area contributed by atoms with Crippen LogP contribution in [0.15, 0.2) is 10.9 Å². The molecule has 1 rings (SSSR count). The summed E-state index contributed by atoms with van der Waals surface area (Å²) in [6.07, 6.45) is 7.65. The number of methoxy groups -OCH3 is 1. The van der Waals surface area contributed by atoms with Gasteiger partial charge in [-0.15, -0.1) is 0 Å². The Hall–Kier alpha value is -2.70. The fourth-order valence-electron chi connectivity index (χ4n) is 3.93. The van der Waals surface area contributed by atoms with Crippen LogP contribution in [0.5, 0.6) is 0 Å². The number of hydrogen-bond acceptors (Lipinski definition) is 7. The van der Waals surface area contributed by atoms with E-state index in [1.807, 2.05) is 0 Å². The summed E-state index contributed by atoms with van der Waals surface area (Å²) in [5, 5.41) is 11.0. The molecular weight excluding hydrogens is 516 g/mol. The minimum Gasteiger partial charge on any atom is -0.382 e. The van der Waals surface area contributed by atoms with Gasteiger partial charge in [-0.05, 0) is 31.1 Å². The highest BCUT2D eigenvalue weighted by molar-refractivity contribution is 5.87. The maximum atomic E-state index is 12.2. The number of hydrogen-bond donors (Lipinski definition) is 5. The summed E-state index contributed by atoms with van der Waals surface area (Å²) in [4.78, 5) is 43.0. The Morgan fingerprint density at radius 2 is 1.45 bits per heavy atom. The molecule has 1 heterocycles. The summed E-state index contributed by atoms with van der Waals surface area (Å²) in [7, 11) is 1.62. The number of nitrogens with zero attached hydrogens (tertiary/aromatic N) is 1. The fraction of sp³-hybridized carbons (Fsp3) is 0.786. The molecule has 230 valence electrons. The first-order chi connectivity index (χ1) is 19.3. The van der Waals surface area contributed by atoms with Crippen molar-refractivity contribution in [3.63, 3.8) is 0 Å². The molecule has 1 aromatic rings. The summed E-state index contributed by atoms with van der Waals surface area (Å²) in [5.41, 5.74) is 0.413. The van der Waals surface area contributed by atoms with E-state index in [2.05, 4.69) is 52.0 Å². The van der Waals surface area contributed by atoms with Crippen molar-refractivity contribution < 1.29 is 23.8 Å². The van der Waals surface area contributed by atoms with E-state index in [0.29, 0.717) is 76.6 Å². The fourth-order valence-corrected chi connectivity index (χ4v) is 3.93. The minimum atomic E-state index is -0.397. The van der Waals surface area contributed by atoms with Crippen LogP contribution in [0.25, 0.3) is 0 Å². The summed E-state index contributed by atoms with van der Waals surface area (Å²) < 4.78 is 15.5. The number of anilines is 1. The number of H-pyrrole nitrogens is 1. The number of ether oxygens (including phenoxy) is 3. The molecular formula is C28H52N6O6. The second-order valence-electron chi connectivity index (χ2n) is 10.4. The standard InChI is InChI=1S/C28H52N6O6/c1-22(2)10-9-11-23(3)20-24-21-25(35)33-26(32-24)34-28(37)30-13-8-6-5-7-12-29-27(36)31-14-15-39-18-19-40-17-16-38-4/h21-23H,5-20H2,1-4H3,(H2,29,31,36)(H3,30,32,33,34,35,37)/t23-/m1/s1. The van der Waals surface area contributed by atoms with Crippen molar-refractivity contribution in [2.45, 2.75) is 72.1 Å². The third kappa shape index (κ3) is 20.2. The SMILES string of the molecule is COCCOCCOCCNC(=O)NCCCCCCNC(=O)Nc1nc(C[C@H](C)CCCC(C)C)cc(=O)[nH]1. The molecule has 40 heavy (non-hydrogen) atoms. The zero-order chi connectivity index (χ0) is 29.4. The molecule has 0 fully saturated rings. The van der Waals surface area contributed by atoms with E-state index in [0.717, 1.165) is 38.5 Å². The van der Waals surface area contributed by atoms with Crippen LogP contribution in [0.1, 0.15) is 71.4 Å². The number of carbonyl (C=O) groups is 2. The van der Waals surface area contributed by atoms with Gasteiger partial charge in [0, 0.05) is 32.8 Å². The normalized spacial score (nSPS) is 11.8. The van der Waals surface area contributed by atoms with Crippen LogP contribution in [0.2, 0.25) is 0 Å². The predicted molar refractivity (Wildman–Crippen MR) is 157 cm³/mol. The maximum Gasteiger partial charge on any atom is 0.321 e. The largest absolute Gasteiger partial charge is 0.382 e. The summed E-state index contributed by atoms with van der Waals surface area (Å²) in [5.74, 6) is 1.27. The zero-order valence-electron chi connectivity index (χ0n) is 24.9. The van der Waals surface area contributed by atoms with E-state index in [4.69, 9.17) is 14.2 Å². The Morgan fingerprint density at radius 3 is 2.12 bits per heavy atom. The van der Waals surface area contributed by atoms with E-state index in [-0.39, 0.29) is 17.5 Å². The predicted octanol–water partition coefficient (Wildman–Crippen LogP) is 3.44. The van der Waals surface area contributed by atoms with Crippen molar-refractivity contribution in [2.24, 2.45) is 11.8 Å². The van der Waals surface area contributed by atoms with E-state index < -0.39 is 6.03 Å². The van der Waals surface area contributed by atoms with Crippen LogP contribution in [-0.4, -0.2) is 81.8 Å². The Bertz CT molecular complexity index is 866. The molecule has 4 amide bonds. The van der Waals surface area contributed by atoms with Crippen molar-refractivity contribution >= 4 is 18.0 Å². The maximum absolute atomic E-state index is 12.2. The molecule has 12 heteroatoms. The monoisotopic (exact) mass is 568 g/mol. The molecule has 5 N–H and O–H groups in total. The quantitative estimate of drug-likeness (QED) is 0.127. The molecule has 0 radical (unpaired) electrons. The molecule has 0 unspecified atom stereocenters. The lowest BCUT2D eigenvalue weighted by atomic mass is 9.96. The van der Waals surface area contributed by atoms with E-state index in [1.165, 1.54) is 12.5 Å². The zero-order valence-corrected chi connectivity index (χ0v) is 24.9. The lowest BCUT2D eigenvalue weighted by molar-refractivity contribution is 0.0259. The molecule has 0 saturated carbocycles. The number of carbonyl (C=O) groups excluding carboxylic acids is 2. The third-order valence-corrected chi connectivity index (χ3v) is 6.07. The van der Waals surface area contributed by atoms with Gasteiger partial charge in [0.05, 0.1) is 38.7 Å². The molecule has 12 nitrogen and oxygen atoms in total. The first-order valence-electron chi connectivity index (χ1n) is 14.6. The van der Waals surface area contributed by atoms with Crippen LogP contribution in [0.4, 0.5) is 15.5 Å². The van der Waals surface area contributed by atoms with Gasteiger partial charge < -0.3 is 30.2 Å². The topological polar surface area (TPSA) is 156 Å². The first kappa shape index (κ1) is 35.3. The molecule has 0 saturated heterocycles. The van der Waals surface area contributed by atoms with Gasteiger partial charge in [0.2, 0.25) is 5.95 Å². The molecule has 0 aliphatic rings. The Kier molecular flexibility index (Phi) is 20.4. The van der Waals surface area contributed by atoms with Crippen LogP contribution >= 0.6 is 0 Å². The van der Waals surface area contributed by atoms with Crippen LogP contribution in [0, 0.1) is 11.8 Å². The number of rotatable bonds is 23. The molecule has 1 aromatic heterocycles. The summed E-state index contributed by atoms with van der Waals surface area (Å²) >= 11 is 0. The summed E-state index contributed by atoms with van der Waals surface area (Å²) in [6.45, 7) is 10.6. The average Bonchev–Trinajstić information content (AvgIpc) is 2.88. The smallest absolute Gasteiger partial charge is 0.321 e. The molecule has 0 aliphatic carbocycles. The van der Waals surface area contributed by atoms with Gasteiger partial charge in [-0.1, -0.05) is 52.9 Å². The molecule has 0 aromatic carbocycles. The third-order valence-electron chi connectivity index (χ3n) is 6.07. The van der Waals surface area contributed by atoms with Gasteiger partial charge in [-0.25, -0.2) is 14.6 Å². The van der Waals surface area contributed by atoms with E-state index in [9.17, 15) is 14.4 Å². The van der Waals surface area contributed by atoms with Crippen molar-refractivity contribution in [1.29, 1.82) is 0 Å². The lowest BCUT2D eigenvalue weighted by Gasteiger charge is -2.13. The van der Waals surface area contributed by atoms with E-state index >= 15 is 0 Å². The van der Waals surface area contributed by atoms with E-state index in [1.54, 1.807) is 7.11 Å². The van der Waals surface area contributed by atoms with Crippen LogP contribution in [-0.2, 0) is 20.6 Å². The van der Waals surface area contributed by atoms with Crippen molar-refractivity contribution in [1.82, 2.24) is 25.9 Å². The van der Waals surface area contributed by atoms with Gasteiger partial charge in [-0.3, -0.25) is 15.1 Å². The average molecular weight is 569 g/mol. The number of aromatic nitrogens is 2. The highest BCUT2D eigenvalue weighted by Crippen LogP contribution is 2.16. The van der Waals surface area contributed by atoms with Crippen LogP contribution < -0.4 is 26.8 Å².